The van der Waals surface area contributed by atoms with Gasteiger partial charge < -0.3 is 4.90 Å². The van der Waals surface area contributed by atoms with Gasteiger partial charge in [-0.25, -0.2) is 0 Å². The second-order valence-electron chi connectivity index (χ2n) is 6.74. The van der Waals surface area contributed by atoms with E-state index in [1.165, 1.54) is 11.1 Å². The maximum atomic E-state index is 13.2. The van der Waals surface area contributed by atoms with Gasteiger partial charge in [0.2, 0.25) is 11.8 Å². The Morgan fingerprint density at radius 3 is 2.44 bits per heavy atom. The van der Waals surface area contributed by atoms with Crippen molar-refractivity contribution in [3.05, 3.63) is 65.2 Å². The Balaban J connectivity index is 1.61. The number of amides is 2. The molecule has 2 aromatic rings. The Kier molecular flexibility index (Phi) is 4.04. The third-order valence-corrected chi connectivity index (χ3v) is 5.27. The fourth-order valence-corrected chi connectivity index (χ4v) is 3.96. The maximum absolute atomic E-state index is 13.2. The lowest BCUT2D eigenvalue weighted by Gasteiger charge is -2.33. The Morgan fingerprint density at radius 2 is 1.68 bits per heavy atom. The van der Waals surface area contributed by atoms with Crippen LogP contribution in [0.1, 0.15) is 30.0 Å². The Hall–Kier alpha value is -2.62. The first-order valence-electron chi connectivity index (χ1n) is 8.94. The molecule has 0 saturated carbocycles. The molecule has 25 heavy (non-hydrogen) atoms. The van der Waals surface area contributed by atoms with Gasteiger partial charge in [0.1, 0.15) is 6.04 Å². The van der Waals surface area contributed by atoms with E-state index in [0.29, 0.717) is 19.4 Å². The first kappa shape index (κ1) is 15.9. The molecule has 0 saturated heterocycles. The van der Waals surface area contributed by atoms with E-state index in [0.717, 1.165) is 24.2 Å². The molecule has 1 atom stereocenters. The summed E-state index contributed by atoms with van der Waals surface area (Å²) in [6, 6.07) is 15.7. The van der Waals surface area contributed by atoms with Crippen LogP contribution in [0.15, 0.2) is 48.5 Å². The molecule has 2 aromatic carbocycles. The Labute approximate surface area is 148 Å². The van der Waals surface area contributed by atoms with Crippen LogP contribution in [-0.4, -0.2) is 29.3 Å². The van der Waals surface area contributed by atoms with Gasteiger partial charge in [0.15, 0.2) is 0 Å². The number of nitrogens with zero attached hydrogens (tertiary/aromatic N) is 2. The number of benzene rings is 2. The number of hydrogen-bond acceptors (Lipinski definition) is 2. The standard InChI is InChI=1S/C21H22N2O2/c1-2-20(24)23-18-10-6-5-8-16(18)13-19(23)21(25)22-12-11-15-7-3-4-9-17(15)14-22/h3-10,19H,2,11-14H2,1H3. The van der Waals surface area contributed by atoms with E-state index in [9.17, 15) is 9.59 Å². The van der Waals surface area contributed by atoms with Gasteiger partial charge >= 0.3 is 0 Å². The summed E-state index contributed by atoms with van der Waals surface area (Å²) in [5, 5.41) is 0. The highest BCUT2D eigenvalue weighted by atomic mass is 16.2. The summed E-state index contributed by atoms with van der Waals surface area (Å²) in [4.78, 5) is 29.4. The number of rotatable bonds is 2. The molecule has 0 aromatic heterocycles. The van der Waals surface area contributed by atoms with Crippen LogP contribution in [0.5, 0.6) is 0 Å². The highest BCUT2D eigenvalue weighted by molar-refractivity contribution is 6.03. The molecule has 0 N–H and O–H groups in total. The summed E-state index contributed by atoms with van der Waals surface area (Å²) >= 11 is 0. The molecule has 0 aliphatic carbocycles. The van der Waals surface area contributed by atoms with E-state index < -0.39 is 6.04 Å². The third kappa shape index (κ3) is 2.72. The maximum Gasteiger partial charge on any atom is 0.246 e. The summed E-state index contributed by atoms with van der Waals surface area (Å²) < 4.78 is 0. The van der Waals surface area contributed by atoms with E-state index >= 15 is 0 Å². The minimum Gasteiger partial charge on any atom is -0.336 e. The summed E-state index contributed by atoms with van der Waals surface area (Å²) in [5.41, 5.74) is 4.51. The van der Waals surface area contributed by atoms with E-state index in [1.54, 1.807) is 4.90 Å². The normalized spacial score (nSPS) is 18.7. The van der Waals surface area contributed by atoms with Gasteiger partial charge in [-0.2, -0.15) is 0 Å². The molecule has 0 bridgehead atoms. The van der Waals surface area contributed by atoms with Gasteiger partial charge in [-0.3, -0.25) is 14.5 Å². The molecule has 2 heterocycles. The van der Waals surface area contributed by atoms with Gasteiger partial charge in [0.25, 0.3) is 0 Å². The monoisotopic (exact) mass is 334 g/mol. The summed E-state index contributed by atoms with van der Waals surface area (Å²) in [7, 11) is 0. The van der Waals surface area contributed by atoms with Crippen LogP contribution in [-0.2, 0) is 29.0 Å². The number of carbonyl (C=O) groups excluding carboxylic acids is 2. The molecule has 0 radical (unpaired) electrons. The quantitative estimate of drug-likeness (QED) is 0.847. The zero-order valence-electron chi connectivity index (χ0n) is 14.4. The van der Waals surface area contributed by atoms with Crippen molar-refractivity contribution in [3.8, 4) is 0 Å². The molecule has 4 heteroatoms. The average Bonchev–Trinajstić information content (AvgIpc) is 3.06. The van der Waals surface area contributed by atoms with Crippen LogP contribution in [0.2, 0.25) is 0 Å². The lowest BCUT2D eigenvalue weighted by Crippen LogP contribution is -2.50. The largest absolute Gasteiger partial charge is 0.336 e. The highest BCUT2D eigenvalue weighted by Gasteiger charge is 2.39. The number of fused-ring (bicyclic) bond motifs is 2. The second kappa shape index (κ2) is 6.36. The van der Waals surface area contributed by atoms with Crippen LogP contribution in [0.4, 0.5) is 5.69 Å². The molecular weight excluding hydrogens is 312 g/mol. The van der Waals surface area contributed by atoms with Crippen molar-refractivity contribution in [2.24, 2.45) is 0 Å². The van der Waals surface area contributed by atoms with Gasteiger partial charge in [0.05, 0.1) is 0 Å². The number of hydrogen-bond donors (Lipinski definition) is 0. The molecule has 4 rings (SSSR count). The summed E-state index contributed by atoms with van der Waals surface area (Å²) in [6.45, 7) is 3.20. The van der Waals surface area contributed by atoms with Crippen LogP contribution < -0.4 is 4.90 Å². The minimum absolute atomic E-state index is 0.0145. The van der Waals surface area contributed by atoms with E-state index in [1.807, 2.05) is 48.2 Å². The summed E-state index contributed by atoms with van der Waals surface area (Å²) in [5.74, 6) is 0.0770. The zero-order chi connectivity index (χ0) is 17.4. The van der Waals surface area contributed by atoms with Crippen molar-refractivity contribution in [2.45, 2.75) is 38.8 Å². The van der Waals surface area contributed by atoms with Crippen LogP contribution in [0, 0.1) is 0 Å². The predicted molar refractivity (Wildman–Crippen MR) is 97.3 cm³/mol. The third-order valence-electron chi connectivity index (χ3n) is 5.27. The molecule has 2 aliphatic heterocycles. The van der Waals surface area contributed by atoms with Crippen molar-refractivity contribution in [2.75, 3.05) is 11.4 Å². The van der Waals surface area contributed by atoms with Crippen molar-refractivity contribution >= 4 is 17.5 Å². The van der Waals surface area contributed by atoms with E-state index in [2.05, 4.69) is 12.1 Å². The highest BCUT2D eigenvalue weighted by Crippen LogP contribution is 2.34. The number of anilines is 1. The fraction of sp³-hybridized carbons (Fsp3) is 0.333. The predicted octanol–water partition coefficient (Wildman–Crippen LogP) is 2.94. The van der Waals surface area contributed by atoms with E-state index in [-0.39, 0.29) is 11.8 Å². The number of carbonyl (C=O) groups is 2. The molecule has 2 aliphatic rings. The van der Waals surface area contributed by atoms with Crippen LogP contribution in [0.25, 0.3) is 0 Å². The molecule has 4 nitrogen and oxygen atoms in total. The molecule has 2 amide bonds. The SMILES string of the molecule is CCC(=O)N1c2ccccc2CC1C(=O)N1CCc2ccccc2C1. The van der Waals surface area contributed by atoms with Crippen LogP contribution in [0.3, 0.4) is 0 Å². The van der Waals surface area contributed by atoms with E-state index in [4.69, 9.17) is 0 Å². The van der Waals surface area contributed by atoms with Crippen molar-refractivity contribution < 1.29 is 9.59 Å². The molecule has 0 fully saturated rings. The van der Waals surface area contributed by atoms with Gasteiger partial charge in [0, 0.05) is 31.6 Å². The molecular formula is C21H22N2O2. The first-order valence-corrected chi connectivity index (χ1v) is 8.94. The zero-order valence-corrected chi connectivity index (χ0v) is 14.4. The molecule has 128 valence electrons. The lowest BCUT2D eigenvalue weighted by molar-refractivity contribution is -0.135. The van der Waals surface area contributed by atoms with Gasteiger partial charge in [-0.05, 0) is 29.2 Å². The summed E-state index contributed by atoms with van der Waals surface area (Å²) in [6.07, 6.45) is 1.89. The average molecular weight is 334 g/mol. The second-order valence-corrected chi connectivity index (χ2v) is 6.74. The topological polar surface area (TPSA) is 40.6 Å². The Bertz CT molecular complexity index is 830. The lowest BCUT2D eigenvalue weighted by atomic mass is 9.99. The Morgan fingerprint density at radius 1 is 1.00 bits per heavy atom. The van der Waals surface area contributed by atoms with Crippen molar-refractivity contribution in [1.82, 2.24) is 4.90 Å². The fourth-order valence-electron chi connectivity index (χ4n) is 3.96. The number of para-hydroxylation sites is 1. The minimum atomic E-state index is -0.407. The smallest absolute Gasteiger partial charge is 0.246 e. The van der Waals surface area contributed by atoms with Gasteiger partial charge in [-0.1, -0.05) is 49.4 Å². The first-order chi connectivity index (χ1) is 12.2. The molecule has 1 unspecified atom stereocenters. The van der Waals surface area contributed by atoms with Crippen molar-refractivity contribution in [3.63, 3.8) is 0 Å². The van der Waals surface area contributed by atoms with Gasteiger partial charge in [-0.15, -0.1) is 0 Å². The van der Waals surface area contributed by atoms with Crippen molar-refractivity contribution in [1.29, 1.82) is 0 Å². The van der Waals surface area contributed by atoms with Crippen LogP contribution >= 0.6 is 0 Å². The molecule has 0 spiro atoms.